The monoisotopic (exact) mass is 435 g/mol. The molecule has 3 rings (SSSR count). The summed E-state index contributed by atoms with van der Waals surface area (Å²) < 4.78 is 23.5. The van der Waals surface area contributed by atoms with Gasteiger partial charge < -0.3 is 0 Å². The number of halogens is 1. The number of benzene rings is 1. The molecule has 1 aliphatic rings. The summed E-state index contributed by atoms with van der Waals surface area (Å²) in [5.74, 6) is 0.0314. The van der Waals surface area contributed by atoms with Crippen LogP contribution >= 0.6 is 22.9 Å². The molecule has 0 spiro atoms. The van der Waals surface area contributed by atoms with Gasteiger partial charge in [0.25, 0.3) is 0 Å². The van der Waals surface area contributed by atoms with Crippen molar-refractivity contribution in [2.24, 2.45) is 5.14 Å². The summed E-state index contributed by atoms with van der Waals surface area (Å²) in [6, 6.07) is 7.57. The fraction of sp³-hybridized carbons (Fsp3) is 0.286. The first-order valence-electron chi connectivity index (χ1n) is 8.96. The van der Waals surface area contributed by atoms with Gasteiger partial charge in [-0.15, -0.1) is 11.3 Å². The number of ketones is 1. The van der Waals surface area contributed by atoms with Gasteiger partial charge >= 0.3 is 0 Å². The number of carbonyl (C=O) groups is 1. The van der Waals surface area contributed by atoms with Crippen molar-refractivity contribution in [1.29, 1.82) is 0 Å². The highest BCUT2D eigenvalue weighted by Gasteiger charge is 2.28. The average molecular weight is 436 g/mol. The standard InChI is InChI=1S/C21H22ClNO3S2/c1-4-17(24)21-19(15-7-10-18(12(2)11-15)28(23,25)26)13(3)20(27-21)14-5-8-16(22)9-6-14/h5-10,15H,4,11H2,1-3H3,(H2,23,25,26). The van der Waals surface area contributed by atoms with Crippen molar-refractivity contribution < 1.29 is 13.2 Å². The number of thiophene rings is 1. The largest absolute Gasteiger partial charge is 0.293 e. The smallest absolute Gasteiger partial charge is 0.237 e. The molecule has 0 aliphatic heterocycles. The van der Waals surface area contributed by atoms with Gasteiger partial charge in [-0.2, -0.15) is 0 Å². The van der Waals surface area contributed by atoms with Crippen LogP contribution in [0.3, 0.4) is 0 Å². The molecule has 1 aromatic heterocycles. The Morgan fingerprint density at radius 2 is 1.89 bits per heavy atom. The van der Waals surface area contributed by atoms with Gasteiger partial charge in [-0.1, -0.05) is 42.3 Å². The molecule has 148 valence electrons. The second kappa shape index (κ2) is 7.95. The van der Waals surface area contributed by atoms with Crippen LogP contribution in [0.2, 0.25) is 5.02 Å². The zero-order valence-electron chi connectivity index (χ0n) is 16.0. The van der Waals surface area contributed by atoms with Gasteiger partial charge in [0.1, 0.15) is 0 Å². The first kappa shape index (κ1) is 21.0. The lowest BCUT2D eigenvalue weighted by Crippen LogP contribution is -2.18. The molecule has 2 N–H and O–H groups in total. The number of primary sulfonamides is 1. The van der Waals surface area contributed by atoms with Gasteiger partial charge in [0.2, 0.25) is 10.0 Å². The summed E-state index contributed by atoms with van der Waals surface area (Å²) in [5, 5.41) is 5.97. The van der Waals surface area contributed by atoms with Gasteiger partial charge in [-0.05, 0) is 55.2 Å². The van der Waals surface area contributed by atoms with Crippen LogP contribution in [0.5, 0.6) is 0 Å². The van der Waals surface area contributed by atoms with Crippen LogP contribution in [0.4, 0.5) is 0 Å². The van der Waals surface area contributed by atoms with Crippen LogP contribution in [-0.4, -0.2) is 14.2 Å². The van der Waals surface area contributed by atoms with Crippen LogP contribution in [0, 0.1) is 6.92 Å². The summed E-state index contributed by atoms with van der Waals surface area (Å²) in [6.07, 6.45) is 4.35. The lowest BCUT2D eigenvalue weighted by molar-refractivity contribution is 0.0991. The number of carbonyl (C=O) groups excluding carboxylic acids is 1. The summed E-state index contributed by atoms with van der Waals surface area (Å²) in [4.78, 5) is 14.6. The minimum absolute atomic E-state index is 0.0618. The molecule has 1 aliphatic carbocycles. The van der Waals surface area contributed by atoms with E-state index in [2.05, 4.69) is 0 Å². The molecule has 1 aromatic carbocycles. The van der Waals surface area contributed by atoms with Crippen molar-refractivity contribution in [2.75, 3.05) is 0 Å². The fourth-order valence-corrected chi connectivity index (χ4v) is 5.95. The molecular weight excluding hydrogens is 414 g/mol. The zero-order chi connectivity index (χ0) is 20.6. The first-order chi connectivity index (χ1) is 13.1. The van der Waals surface area contributed by atoms with Crippen molar-refractivity contribution in [3.8, 4) is 10.4 Å². The lowest BCUT2D eigenvalue weighted by atomic mass is 9.85. The Morgan fingerprint density at radius 1 is 1.25 bits per heavy atom. The Balaban J connectivity index is 2.11. The van der Waals surface area contributed by atoms with E-state index in [-0.39, 0.29) is 16.6 Å². The Bertz CT molecular complexity index is 1090. The van der Waals surface area contributed by atoms with Gasteiger partial charge in [-0.3, -0.25) is 4.79 Å². The molecule has 0 saturated carbocycles. The van der Waals surface area contributed by atoms with Crippen LogP contribution < -0.4 is 5.14 Å². The third kappa shape index (κ3) is 4.01. The maximum atomic E-state index is 12.7. The first-order valence-corrected chi connectivity index (χ1v) is 11.7. The maximum Gasteiger partial charge on any atom is 0.237 e. The highest BCUT2D eigenvalue weighted by atomic mass is 35.5. The van der Waals surface area contributed by atoms with Crippen molar-refractivity contribution in [1.82, 2.24) is 0 Å². The number of rotatable bonds is 5. The van der Waals surface area contributed by atoms with E-state index in [9.17, 15) is 13.2 Å². The van der Waals surface area contributed by atoms with E-state index in [1.165, 1.54) is 11.3 Å². The average Bonchev–Trinajstić information content (AvgIpc) is 2.98. The van der Waals surface area contributed by atoms with E-state index in [0.29, 0.717) is 23.4 Å². The van der Waals surface area contributed by atoms with Crippen molar-refractivity contribution in [2.45, 2.75) is 39.5 Å². The molecule has 0 fully saturated rings. The van der Waals surface area contributed by atoms with Gasteiger partial charge in [0.05, 0.1) is 9.78 Å². The molecule has 1 atom stereocenters. The normalized spacial score (nSPS) is 17.2. The summed E-state index contributed by atoms with van der Waals surface area (Å²) in [5.41, 5.74) is 3.75. The number of allylic oxidation sites excluding steroid dienone is 3. The van der Waals surface area contributed by atoms with Gasteiger partial charge in [-0.25, -0.2) is 13.6 Å². The Labute approximate surface area is 174 Å². The number of nitrogens with two attached hydrogens (primary N) is 1. The van der Waals surface area contributed by atoms with Crippen LogP contribution in [0.25, 0.3) is 10.4 Å². The second-order valence-electron chi connectivity index (χ2n) is 6.94. The summed E-state index contributed by atoms with van der Waals surface area (Å²) in [7, 11) is -3.75. The summed E-state index contributed by atoms with van der Waals surface area (Å²) >= 11 is 7.51. The van der Waals surface area contributed by atoms with E-state index in [1.54, 1.807) is 13.0 Å². The van der Waals surface area contributed by atoms with E-state index in [4.69, 9.17) is 16.7 Å². The molecule has 28 heavy (non-hydrogen) atoms. The second-order valence-corrected chi connectivity index (χ2v) is 9.93. The minimum atomic E-state index is -3.75. The van der Waals surface area contributed by atoms with Crippen molar-refractivity contribution >= 4 is 38.7 Å². The van der Waals surface area contributed by atoms with E-state index >= 15 is 0 Å². The van der Waals surface area contributed by atoms with E-state index in [1.807, 2.05) is 44.2 Å². The molecule has 0 saturated heterocycles. The quantitative estimate of drug-likeness (QED) is 0.623. The SMILES string of the molecule is CCC(=O)c1sc(-c2ccc(Cl)cc2)c(C)c1C1C=CC(S(N)(=O)=O)=C(C)C1. The maximum absolute atomic E-state index is 12.7. The number of Topliss-reactive ketones (excluding diaryl/α,β-unsaturated/α-hetero) is 1. The molecule has 4 nitrogen and oxygen atoms in total. The molecule has 7 heteroatoms. The van der Waals surface area contributed by atoms with E-state index in [0.717, 1.165) is 26.4 Å². The fourth-order valence-electron chi connectivity index (χ4n) is 3.60. The molecule has 0 radical (unpaired) electrons. The zero-order valence-corrected chi connectivity index (χ0v) is 18.3. The van der Waals surface area contributed by atoms with Crippen molar-refractivity contribution in [3.63, 3.8) is 0 Å². The lowest BCUT2D eigenvalue weighted by Gasteiger charge is -2.21. The topological polar surface area (TPSA) is 77.2 Å². The number of hydrogen-bond donors (Lipinski definition) is 1. The van der Waals surface area contributed by atoms with Crippen LogP contribution in [-0.2, 0) is 10.0 Å². The predicted molar refractivity (Wildman–Crippen MR) is 116 cm³/mol. The summed E-state index contributed by atoms with van der Waals surface area (Å²) in [6.45, 7) is 5.65. The number of sulfonamides is 1. The van der Waals surface area contributed by atoms with Crippen LogP contribution in [0.15, 0.2) is 46.9 Å². The molecule has 2 aromatic rings. The minimum Gasteiger partial charge on any atom is -0.293 e. The third-order valence-electron chi connectivity index (χ3n) is 4.98. The van der Waals surface area contributed by atoms with Gasteiger partial charge in [0, 0.05) is 22.2 Å². The highest BCUT2D eigenvalue weighted by molar-refractivity contribution is 7.93. The Kier molecular flexibility index (Phi) is 5.96. The highest BCUT2D eigenvalue weighted by Crippen LogP contribution is 2.44. The Morgan fingerprint density at radius 3 is 2.43 bits per heavy atom. The molecule has 1 unspecified atom stereocenters. The third-order valence-corrected chi connectivity index (χ3v) is 7.73. The molecular formula is C21H22ClNO3S2. The van der Waals surface area contributed by atoms with E-state index < -0.39 is 10.0 Å². The van der Waals surface area contributed by atoms with Gasteiger partial charge in [0.15, 0.2) is 5.78 Å². The molecule has 1 heterocycles. The predicted octanol–water partition coefficient (Wildman–Crippen LogP) is 5.58. The number of hydrogen-bond acceptors (Lipinski definition) is 4. The molecule has 0 bridgehead atoms. The molecule has 0 amide bonds. The van der Waals surface area contributed by atoms with Crippen LogP contribution in [0.1, 0.15) is 53.4 Å². The van der Waals surface area contributed by atoms with Crippen molar-refractivity contribution in [3.05, 3.63) is 67.9 Å². The Hall–Kier alpha value is -1.73.